The molecule has 29 heavy (non-hydrogen) atoms. The predicted molar refractivity (Wildman–Crippen MR) is 118 cm³/mol. The maximum Gasteiger partial charge on any atom is 0.135 e. The van der Waals surface area contributed by atoms with E-state index in [4.69, 9.17) is 16.1 Å². The maximum absolute atomic E-state index is 7.99. The van der Waals surface area contributed by atoms with Gasteiger partial charge in [-0.3, -0.25) is 4.90 Å². The monoisotopic (exact) mass is 393 g/mol. The molecule has 1 aliphatic rings. The van der Waals surface area contributed by atoms with Gasteiger partial charge in [0.2, 0.25) is 0 Å². The van der Waals surface area contributed by atoms with Crippen molar-refractivity contribution in [3.05, 3.63) is 52.7 Å². The number of anilines is 2. The smallest absolute Gasteiger partial charge is 0.135 e. The third kappa shape index (κ3) is 5.60. The molecule has 4 N–H and O–H groups in total. The molecule has 2 aromatic rings. The van der Waals surface area contributed by atoms with Crippen LogP contribution in [0.25, 0.3) is 0 Å². The summed E-state index contributed by atoms with van der Waals surface area (Å²) in [6.07, 6.45) is 3.99. The van der Waals surface area contributed by atoms with E-state index in [1.54, 1.807) is 13.1 Å². The van der Waals surface area contributed by atoms with Crippen LogP contribution in [0.15, 0.2) is 35.7 Å². The molecule has 1 unspecified atom stereocenters. The maximum atomic E-state index is 7.99. The van der Waals surface area contributed by atoms with Crippen LogP contribution < -0.4 is 11.1 Å². The Morgan fingerprint density at radius 2 is 2.03 bits per heavy atom. The minimum absolute atomic E-state index is 0.335. The number of nitrogens with one attached hydrogen (secondary N) is 2. The van der Waals surface area contributed by atoms with Crippen LogP contribution in [0, 0.1) is 19.3 Å². The quantitative estimate of drug-likeness (QED) is 0.647. The lowest BCUT2D eigenvalue weighted by Crippen LogP contribution is -2.37. The van der Waals surface area contributed by atoms with Crippen molar-refractivity contribution in [1.82, 2.24) is 19.9 Å². The molecule has 3 rings (SSSR count). The van der Waals surface area contributed by atoms with Gasteiger partial charge in [-0.2, -0.15) is 0 Å². The van der Waals surface area contributed by atoms with E-state index in [1.807, 2.05) is 39.0 Å². The molecule has 7 heteroatoms. The van der Waals surface area contributed by atoms with Gasteiger partial charge in [-0.1, -0.05) is 0 Å². The third-order valence-electron chi connectivity index (χ3n) is 5.26. The summed E-state index contributed by atoms with van der Waals surface area (Å²) in [5.41, 5.74) is 10.4. The molecule has 1 saturated heterocycles. The number of piperidine rings is 1. The average molecular weight is 394 g/mol. The summed E-state index contributed by atoms with van der Waals surface area (Å²) < 4.78 is 0. The first-order chi connectivity index (χ1) is 13.8. The minimum atomic E-state index is 0.335. The Bertz CT molecular complexity index is 915. The van der Waals surface area contributed by atoms with Gasteiger partial charge in [0.1, 0.15) is 17.5 Å². The molecular formula is C22H31N7. The lowest BCUT2D eigenvalue weighted by Gasteiger charge is -2.33. The highest BCUT2D eigenvalue weighted by molar-refractivity contribution is 5.96. The van der Waals surface area contributed by atoms with Crippen LogP contribution in [0.3, 0.4) is 0 Å². The molecule has 154 valence electrons. The molecule has 7 nitrogen and oxygen atoms in total. The first kappa shape index (κ1) is 20.9. The van der Waals surface area contributed by atoms with Crippen LogP contribution in [-0.4, -0.2) is 45.2 Å². The summed E-state index contributed by atoms with van der Waals surface area (Å²) in [4.78, 5) is 16.0. The van der Waals surface area contributed by atoms with Crippen molar-refractivity contribution in [3.63, 3.8) is 0 Å². The largest absolute Gasteiger partial charge is 0.402 e. The fourth-order valence-corrected chi connectivity index (χ4v) is 3.80. The highest BCUT2D eigenvalue weighted by atomic mass is 15.1. The molecule has 0 radical (unpaired) electrons. The summed E-state index contributed by atoms with van der Waals surface area (Å²) in [6, 6.07) is 6.01. The highest BCUT2D eigenvalue weighted by Gasteiger charge is 2.24. The number of hydrogen-bond acceptors (Lipinski definition) is 7. The number of aryl methyl sites for hydroxylation is 2. The highest BCUT2D eigenvalue weighted by Crippen LogP contribution is 2.28. The Balaban J connectivity index is 1.76. The standard InChI is InChI=1S/C22H31N7/c1-14-7-8-25-21(10-14)28-22-11-20(26-17(4)27-22)18-6-5-9-29(12-18)13-19(15(2)23)16(3)24/h7-8,10-11,18,23H,5-6,9,12-13,24H2,1-4H3,(H,25,26,27,28). The number of nitrogens with zero attached hydrogens (tertiary/aromatic N) is 4. The molecule has 0 aliphatic carbocycles. The summed E-state index contributed by atoms with van der Waals surface area (Å²) in [5.74, 6) is 2.65. The number of nitrogens with two attached hydrogens (primary N) is 1. The third-order valence-corrected chi connectivity index (χ3v) is 5.26. The summed E-state index contributed by atoms with van der Waals surface area (Å²) in [7, 11) is 0. The topological polar surface area (TPSA) is 104 Å². The van der Waals surface area contributed by atoms with Gasteiger partial charge in [0, 0.05) is 48.3 Å². The van der Waals surface area contributed by atoms with E-state index in [9.17, 15) is 0 Å². The SMILES string of the molecule is CC(=N)C(CN1CCCC(c2cc(Nc3cc(C)ccn3)nc(C)n2)C1)=C(C)N. The number of aromatic nitrogens is 3. The first-order valence-corrected chi connectivity index (χ1v) is 10.1. The van der Waals surface area contributed by atoms with Crippen LogP contribution in [0.4, 0.5) is 11.6 Å². The van der Waals surface area contributed by atoms with Crippen molar-refractivity contribution in [2.24, 2.45) is 5.73 Å². The normalized spacial score (nSPS) is 18.3. The molecule has 1 fully saturated rings. The van der Waals surface area contributed by atoms with Crippen LogP contribution in [0.1, 0.15) is 49.7 Å². The molecule has 1 aliphatic heterocycles. The Morgan fingerprint density at radius 3 is 2.72 bits per heavy atom. The summed E-state index contributed by atoms with van der Waals surface area (Å²) >= 11 is 0. The van der Waals surface area contributed by atoms with E-state index in [1.165, 1.54) is 0 Å². The Morgan fingerprint density at radius 1 is 1.24 bits per heavy atom. The van der Waals surface area contributed by atoms with Crippen LogP contribution >= 0.6 is 0 Å². The van der Waals surface area contributed by atoms with E-state index >= 15 is 0 Å². The van der Waals surface area contributed by atoms with E-state index in [0.717, 1.165) is 72.5 Å². The van der Waals surface area contributed by atoms with Gasteiger partial charge >= 0.3 is 0 Å². The van der Waals surface area contributed by atoms with E-state index < -0.39 is 0 Å². The molecule has 0 bridgehead atoms. The van der Waals surface area contributed by atoms with Crippen molar-refractivity contribution in [3.8, 4) is 0 Å². The molecule has 0 aromatic carbocycles. The fourth-order valence-electron chi connectivity index (χ4n) is 3.80. The van der Waals surface area contributed by atoms with E-state index in [2.05, 4.69) is 20.2 Å². The molecular weight excluding hydrogens is 362 g/mol. The summed E-state index contributed by atoms with van der Waals surface area (Å²) in [5, 5.41) is 11.3. The van der Waals surface area contributed by atoms with Crippen molar-refractivity contribution in [2.75, 3.05) is 25.0 Å². The van der Waals surface area contributed by atoms with Gasteiger partial charge in [0.05, 0.1) is 5.69 Å². The van der Waals surface area contributed by atoms with Crippen molar-refractivity contribution < 1.29 is 0 Å². The predicted octanol–water partition coefficient (Wildman–Crippen LogP) is 3.68. The van der Waals surface area contributed by atoms with Crippen molar-refractivity contribution in [2.45, 2.75) is 46.5 Å². The summed E-state index contributed by atoms with van der Waals surface area (Å²) in [6.45, 7) is 10.3. The number of rotatable bonds is 6. The van der Waals surface area contributed by atoms with Crippen molar-refractivity contribution >= 4 is 17.3 Å². The Hall–Kier alpha value is -2.80. The van der Waals surface area contributed by atoms with Gasteiger partial charge in [0.15, 0.2) is 0 Å². The number of pyridine rings is 1. The van der Waals surface area contributed by atoms with Gasteiger partial charge in [-0.15, -0.1) is 0 Å². The van der Waals surface area contributed by atoms with Crippen LogP contribution in [0.5, 0.6) is 0 Å². The number of hydrogen-bond donors (Lipinski definition) is 3. The molecule has 2 aromatic heterocycles. The van der Waals surface area contributed by atoms with Gasteiger partial charge in [-0.05, 0) is 64.8 Å². The lowest BCUT2D eigenvalue weighted by molar-refractivity contribution is 0.223. The minimum Gasteiger partial charge on any atom is -0.402 e. The first-order valence-electron chi connectivity index (χ1n) is 10.1. The zero-order chi connectivity index (χ0) is 21.0. The Labute approximate surface area is 173 Å². The Kier molecular flexibility index (Phi) is 6.59. The second-order valence-corrected chi connectivity index (χ2v) is 7.93. The van der Waals surface area contributed by atoms with Crippen LogP contribution in [0.2, 0.25) is 0 Å². The van der Waals surface area contributed by atoms with Crippen molar-refractivity contribution in [1.29, 1.82) is 5.41 Å². The van der Waals surface area contributed by atoms with Gasteiger partial charge in [0.25, 0.3) is 0 Å². The molecule has 3 heterocycles. The molecule has 0 amide bonds. The van der Waals surface area contributed by atoms with Gasteiger partial charge < -0.3 is 16.5 Å². The molecule has 0 saturated carbocycles. The van der Waals surface area contributed by atoms with E-state index in [0.29, 0.717) is 11.6 Å². The average Bonchev–Trinajstić information content (AvgIpc) is 2.65. The number of allylic oxidation sites excluding steroid dienone is 1. The second kappa shape index (κ2) is 9.13. The zero-order valence-corrected chi connectivity index (χ0v) is 17.8. The molecule has 1 atom stereocenters. The number of likely N-dealkylation sites (tertiary alicyclic amines) is 1. The second-order valence-electron chi connectivity index (χ2n) is 7.93. The van der Waals surface area contributed by atoms with Crippen LogP contribution in [-0.2, 0) is 0 Å². The zero-order valence-electron chi connectivity index (χ0n) is 17.8. The lowest BCUT2D eigenvalue weighted by atomic mass is 9.93. The fraction of sp³-hybridized carbons (Fsp3) is 0.455. The van der Waals surface area contributed by atoms with Gasteiger partial charge in [-0.25, -0.2) is 15.0 Å². The molecule has 0 spiro atoms. The van der Waals surface area contributed by atoms with E-state index in [-0.39, 0.29) is 0 Å².